The van der Waals surface area contributed by atoms with E-state index in [2.05, 4.69) is 6.92 Å². The summed E-state index contributed by atoms with van der Waals surface area (Å²) in [6.07, 6.45) is 5.15. The van der Waals surface area contributed by atoms with E-state index in [0.29, 0.717) is 30.8 Å². The van der Waals surface area contributed by atoms with Gasteiger partial charge in [-0.05, 0) is 37.0 Å². The van der Waals surface area contributed by atoms with E-state index in [0.717, 1.165) is 25.7 Å². The smallest absolute Gasteiger partial charge is 0.211 e. The molecule has 0 radical (unpaired) electrons. The van der Waals surface area contributed by atoms with Crippen LogP contribution in [0.2, 0.25) is 0 Å². The Hall–Kier alpha value is 0.490. The summed E-state index contributed by atoms with van der Waals surface area (Å²) >= 11 is 12.1. The molecule has 1 aliphatic heterocycles. The zero-order valence-corrected chi connectivity index (χ0v) is 13.5. The van der Waals surface area contributed by atoms with Crippen LogP contribution in [0, 0.1) is 11.3 Å². The van der Waals surface area contributed by atoms with Crippen molar-refractivity contribution in [3.8, 4) is 0 Å². The topological polar surface area (TPSA) is 37.4 Å². The van der Waals surface area contributed by atoms with Crippen molar-refractivity contribution < 1.29 is 8.42 Å². The standard InChI is InChI=1S/C12H23Cl2NO2S/c1-3-12(9-13,10-14)7-11-5-4-6-15(8-11)18(2,16)17/h11H,3-10H2,1-2H3. The molecule has 1 saturated heterocycles. The number of sulfonamides is 1. The summed E-state index contributed by atoms with van der Waals surface area (Å²) in [5.41, 5.74) is -0.0473. The van der Waals surface area contributed by atoms with Crippen LogP contribution < -0.4 is 0 Å². The van der Waals surface area contributed by atoms with Crippen LogP contribution in [-0.2, 0) is 10.0 Å². The van der Waals surface area contributed by atoms with Gasteiger partial charge in [-0.2, -0.15) is 0 Å². The predicted molar refractivity (Wildman–Crippen MR) is 77.9 cm³/mol. The minimum atomic E-state index is -3.07. The summed E-state index contributed by atoms with van der Waals surface area (Å²) in [5, 5.41) is 0. The van der Waals surface area contributed by atoms with Crippen LogP contribution in [0.25, 0.3) is 0 Å². The zero-order valence-electron chi connectivity index (χ0n) is 11.2. The molecular formula is C12H23Cl2NO2S. The molecule has 0 N–H and O–H groups in total. The van der Waals surface area contributed by atoms with Gasteiger partial charge in [0.15, 0.2) is 0 Å². The van der Waals surface area contributed by atoms with Gasteiger partial charge in [0.1, 0.15) is 0 Å². The minimum absolute atomic E-state index is 0.0473. The summed E-state index contributed by atoms with van der Waals surface area (Å²) in [5.74, 6) is 1.47. The Balaban J connectivity index is 2.67. The van der Waals surface area contributed by atoms with E-state index >= 15 is 0 Å². The van der Waals surface area contributed by atoms with Crippen LogP contribution in [-0.4, -0.2) is 43.8 Å². The Morgan fingerprint density at radius 1 is 1.33 bits per heavy atom. The lowest BCUT2D eigenvalue weighted by Gasteiger charge is -2.37. The molecule has 0 aromatic heterocycles. The fourth-order valence-corrected chi connectivity index (χ4v) is 4.41. The van der Waals surface area contributed by atoms with Crippen LogP contribution in [0.4, 0.5) is 0 Å². The van der Waals surface area contributed by atoms with E-state index in [4.69, 9.17) is 23.2 Å². The van der Waals surface area contributed by atoms with Gasteiger partial charge < -0.3 is 0 Å². The SMILES string of the molecule is CCC(CCl)(CCl)CC1CCCN(S(C)(=O)=O)C1. The van der Waals surface area contributed by atoms with Crippen LogP contribution in [0.1, 0.15) is 32.6 Å². The molecule has 0 spiro atoms. The highest BCUT2D eigenvalue weighted by atomic mass is 35.5. The van der Waals surface area contributed by atoms with Gasteiger partial charge in [-0.25, -0.2) is 12.7 Å². The molecule has 0 aliphatic carbocycles. The third-order valence-corrected chi connectivity index (χ3v) is 6.39. The highest BCUT2D eigenvalue weighted by molar-refractivity contribution is 7.88. The van der Waals surface area contributed by atoms with E-state index in [9.17, 15) is 8.42 Å². The van der Waals surface area contributed by atoms with Gasteiger partial charge in [0.2, 0.25) is 10.0 Å². The maximum Gasteiger partial charge on any atom is 0.211 e. The quantitative estimate of drug-likeness (QED) is 0.707. The Kier molecular flexibility index (Phi) is 6.23. The van der Waals surface area contributed by atoms with Crippen LogP contribution in [0.3, 0.4) is 0 Å². The first-order valence-corrected chi connectivity index (χ1v) is 9.35. The van der Waals surface area contributed by atoms with Crippen molar-refractivity contribution in [2.45, 2.75) is 32.6 Å². The average Bonchev–Trinajstić information content (AvgIpc) is 2.35. The highest BCUT2D eigenvalue weighted by Gasteiger charge is 2.33. The second-order valence-electron chi connectivity index (χ2n) is 5.45. The first-order chi connectivity index (χ1) is 8.37. The number of alkyl halides is 2. The highest BCUT2D eigenvalue weighted by Crippen LogP contribution is 2.36. The number of nitrogens with zero attached hydrogens (tertiary/aromatic N) is 1. The van der Waals surface area contributed by atoms with Crippen LogP contribution >= 0.6 is 23.2 Å². The van der Waals surface area contributed by atoms with Crippen molar-refractivity contribution in [3.63, 3.8) is 0 Å². The van der Waals surface area contributed by atoms with Gasteiger partial charge in [-0.15, -0.1) is 23.2 Å². The largest absolute Gasteiger partial charge is 0.213 e. The molecule has 3 nitrogen and oxygen atoms in total. The van der Waals surface area contributed by atoms with Gasteiger partial charge in [0.05, 0.1) is 6.26 Å². The Morgan fingerprint density at radius 3 is 2.39 bits per heavy atom. The van der Waals surface area contributed by atoms with Gasteiger partial charge in [-0.3, -0.25) is 0 Å². The van der Waals surface area contributed by atoms with Crippen molar-refractivity contribution in [2.24, 2.45) is 11.3 Å². The number of hydrogen-bond donors (Lipinski definition) is 0. The fraction of sp³-hybridized carbons (Fsp3) is 1.00. The lowest BCUT2D eigenvalue weighted by atomic mass is 9.78. The lowest BCUT2D eigenvalue weighted by molar-refractivity contribution is 0.190. The Bertz CT molecular complexity index is 347. The maximum atomic E-state index is 11.6. The summed E-state index contributed by atoms with van der Waals surface area (Å²) in [6.45, 7) is 3.37. The molecule has 108 valence electrons. The van der Waals surface area contributed by atoms with E-state index in [1.165, 1.54) is 6.26 Å². The first kappa shape index (κ1) is 16.5. The van der Waals surface area contributed by atoms with Crippen molar-refractivity contribution >= 4 is 33.2 Å². The van der Waals surface area contributed by atoms with Gasteiger partial charge in [0.25, 0.3) is 0 Å². The minimum Gasteiger partial charge on any atom is -0.213 e. The van der Waals surface area contributed by atoms with E-state index < -0.39 is 10.0 Å². The second kappa shape index (κ2) is 6.78. The molecule has 1 heterocycles. The Labute approximate surface area is 121 Å². The number of halogens is 2. The van der Waals surface area contributed by atoms with Gasteiger partial charge in [-0.1, -0.05) is 6.92 Å². The third kappa shape index (κ3) is 4.26. The summed E-state index contributed by atoms with van der Waals surface area (Å²) in [7, 11) is -3.07. The van der Waals surface area contributed by atoms with Crippen molar-refractivity contribution in [1.82, 2.24) is 4.31 Å². The Morgan fingerprint density at radius 2 is 1.94 bits per heavy atom. The molecule has 1 unspecified atom stereocenters. The van der Waals surface area contributed by atoms with Crippen molar-refractivity contribution in [3.05, 3.63) is 0 Å². The molecular weight excluding hydrogens is 293 g/mol. The van der Waals surface area contributed by atoms with E-state index in [1.54, 1.807) is 4.31 Å². The molecule has 1 fully saturated rings. The lowest BCUT2D eigenvalue weighted by Crippen LogP contribution is -2.41. The number of rotatable bonds is 6. The molecule has 1 atom stereocenters. The van der Waals surface area contributed by atoms with Gasteiger partial charge >= 0.3 is 0 Å². The summed E-state index contributed by atoms with van der Waals surface area (Å²) in [6, 6.07) is 0. The molecule has 6 heteroatoms. The number of hydrogen-bond acceptors (Lipinski definition) is 2. The van der Waals surface area contributed by atoms with Crippen molar-refractivity contribution in [2.75, 3.05) is 31.1 Å². The molecule has 0 bridgehead atoms. The van der Waals surface area contributed by atoms with Crippen molar-refractivity contribution in [1.29, 1.82) is 0 Å². The van der Waals surface area contributed by atoms with Crippen LogP contribution in [0.15, 0.2) is 0 Å². The molecule has 0 aromatic rings. The van der Waals surface area contributed by atoms with E-state index in [-0.39, 0.29) is 5.41 Å². The van der Waals surface area contributed by atoms with Crippen LogP contribution in [0.5, 0.6) is 0 Å². The normalized spacial score (nSPS) is 23.2. The van der Waals surface area contributed by atoms with Gasteiger partial charge in [0, 0.05) is 24.8 Å². The fourth-order valence-electron chi connectivity index (χ4n) is 2.59. The average molecular weight is 316 g/mol. The first-order valence-electron chi connectivity index (χ1n) is 6.44. The summed E-state index contributed by atoms with van der Waals surface area (Å²) in [4.78, 5) is 0. The second-order valence-corrected chi connectivity index (χ2v) is 7.97. The molecule has 0 saturated carbocycles. The summed E-state index contributed by atoms with van der Waals surface area (Å²) < 4.78 is 24.7. The third-order valence-electron chi connectivity index (χ3n) is 3.99. The molecule has 0 amide bonds. The molecule has 18 heavy (non-hydrogen) atoms. The van der Waals surface area contributed by atoms with E-state index in [1.807, 2.05) is 0 Å². The monoisotopic (exact) mass is 315 g/mol. The molecule has 0 aromatic carbocycles. The maximum absolute atomic E-state index is 11.6. The molecule has 1 aliphatic rings. The molecule has 1 rings (SSSR count). The zero-order chi connectivity index (χ0) is 13.8. The predicted octanol–water partition coefficient (Wildman–Crippen LogP) is 2.92. The number of piperidine rings is 1.